The maximum absolute atomic E-state index is 11.3. The third-order valence-electron chi connectivity index (χ3n) is 1.18. The van der Waals surface area contributed by atoms with Gasteiger partial charge < -0.3 is 5.21 Å². The summed E-state index contributed by atoms with van der Waals surface area (Å²) in [7, 11) is 0. The monoisotopic (exact) mass is 120 g/mol. The molecule has 0 fully saturated rings. The number of rotatable bonds is 0. The highest BCUT2D eigenvalue weighted by molar-refractivity contribution is 5.53. The number of hydrogen-bond donors (Lipinski definition) is 0. The van der Waals surface area contributed by atoms with E-state index in [9.17, 15) is 5.21 Å². The summed E-state index contributed by atoms with van der Waals surface area (Å²) in [4.78, 5) is 0. The number of hydrogen-bond acceptors (Lipinski definition) is 1. The maximum atomic E-state index is 11.3. The molecule has 0 atom stereocenters. The van der Waals surface area contributed by atoms with Gasteiger partial charge in [-0.1, -0.05) is 0 Å². The molecule has 8 heavy (non-hydrogen) atoms. The van der Waals surface area contributed by atoms with Crippen molar-refractivity contribution in [2.45, 2.75) is 32.1 Å². The van der Waals surface area contributed by atoms with Gasteiger partial charge in [0.2, 0.25) is 0 Å². The predicted molar refractivity (Wildman–Crippen MR) is 33.0 cm³/mol. The molecule has 0 aromatic heterocycles. The van der Waals surface area contributed by atoms with Crippen LogP contribution in [0.15, 0.2) is 0 Å². The minimum atomic E-state index is -2.80. The summed E-state index contributed by atoms with van der Waals surface area (Å²) in [5, 5.41) is 11.3. The Kier molecular flexibility index (Phi) is 0.317. The van der Waals surface area contributed by atoms with Crippen molar-refractivity contribution in [1.29, 1.82) is 0 Å². The lowest BCUT2D eigenvalue weighted by Gasteiger charge is -2.16. The van der Waals surface area contributed by atoms with Crippen LogP contribution in [0.3, 0.4) is 0 Å². The van der Waals surface area contributed by atoms with E-state index in [1.54, 1.807) is 0 Å². The van der Waals surface area contributed by atoms with E-state index in [4.69, 9.17) is 8.22 Å². The topological polar surface area (TPSA) is 26.1 Å². The zero-order valence-corrected chi connectivity index (χ0v) is 4.35. The van der Waals surface area contributed by atoms with Gasteiger partial charge in [0.1, 0.15) is 0 Å². The Morgan fingerprint density at radius 2 is 2.62 bits per heavy atom. The van der Waals surface area contributed by atoms with Crippen molar-refractivity contribution in [3.63, 3.8) is 0 Å². The van der Waals surface area contributed by atoms with Gasteiger partial charge in [0.25, 0.3) is 0 Å². The summed E-state index contributed by atoms with van der Waals surface area (Å²) < 4.78 is 43.1. The lowest BCUT2D eigenvalue weighted by atomic mass is 10.1. The third-order valence-corrected chi connectivity index (χ3v) is 1.18. The third kappa shape index (κ3) is 0.703. The molecule has 0 aromatic rings. The zero-order valence-electron chi connectivity index (χ0n) is 10.3. The SMILES string of the molecule is [2H]C([2H])([2H])C1(C([2H])([2H])[2H])CCC=[15N+]1[O-]. The molecule has 1 rings (SSSR count). The van der Waals surface area contributed by atoms with Crippen LogP contribution in [0.2, 0.25) is 0 Å². The number of hydroxylamine groups is 1. The second-order valence-corrected chi connectivity index (χ2v) is 1.91. The van der Waals surface area contributed by atoms with E-state index in [2.05, 4.69) is 0 Å². The fraction of sp³-hybridized carbons (Fsp3) is 0.833. The van der Waals surface area contributed by atoms with E-state index in [0.717, 1.165) is 6.21 Å². The highest BCUT2D eigenvalue weighted by Gasteiger charge is 2.29. The van der Waals surface area contributed by atoms with Gasteiger partial charge in [0.05, 0.1) is 0 Å². The summed E-state index contributed by atoms with van der Waals surface area (Å²) in [6.07, 6.45) is 1.13. The Bertz CT molecular complexity index is 250. The molecule has 2 heteroatoms. The molecule has 0 N–H and O–H groups in total. The van der Waals surface area contributed by atoms with Gasteiger partial charge in [-0.15, -0.1) is 0 Å². The van der Waals surface area contributed by atoms with Gasteiger partial charge in [0, 0.05) is 34.8 Å². The molecule has 0 unspecified atom stereocenters. The molecule has 1 aliphatic heterocycles. The molecule has 0 amide bonds. The van der Waals surface area contributed by atoms with Crippen LogP contribution in [0, 0.1) is 5.21 Å². The first-order valence-corrected chi connectivity index (χ1v) is 2.43. The van der Waals surface area contributed by atoms with E-state index >= 15 is 0 Å². The van der Waals surface area contributed by atoms with Gasteiger partial charge >= 0.3 is 0 Å². The minimum Gasteiger partial charge on any atom is -0.624 e. The molecule has 0 aliphatic carbocycles. The van der Waals surface area contributed by atoms with Crippen LogP contribution in [0.1, 0.15) is 34.8 Å². The van der Waals surface area contributed by atoms with E-state index in [0.29, 0.717) is 0 Å². The Balaban J connectivity index is 3.25. The first-order valence-electron chi connectivity index (χ1n) is 5.43. The van der Waals surface area contributed by atoms with Crippen molar-refractivity contribution in [2.75, 3.05) is 0 Å². The van der Waals surface area contributed by atoms with Gasteiger partial charge in [-0.3, -0.25) is 0 Å². The summed E-state index contributed by atoms with van der Waals surface area (Å²) in [6, 6.07) is 0. The van der Waals surface area contributed by atoms with Gasteiger partial charge in [0.15, 0.2) is 11.8 Å². The average Bonchev–Trinajstić information content (AvgIpc) is 2.27. The van der Waals surface area contributed by atoms with Gasteiger partial charge in [-0.05, 0) is 0 Å². The molecule has 0 saturated carbocycles. The summed E-state index contributed by atoms with van der Waals surface area (Å²) in [6.45, 7) is -5.60. The Morgan fingerprint density at radius 3 is 2.88 bits per heavy atom. The van der Waals surface area contributed by atoms with E-state index in [-0.39, 0.29) is 17.6 Å². The van der Waals surface area contributed by atoms with Crippen molar-refractivity contribution in [3.8, 4) is 0 Å². The van der Waals surface area contributed by atoms with Crippen molar-refractivity contribution in [3.05, 3.63) is 5.21 Å². The van der Waals surface area contributed by atoms with Crippen molar-refractivity contribution in [2.24, 2.45) is 0 Å². The summed E-state index contributed by atoms with van der Waals surface area (Å²) in [5.41, 5.74) is -2.25. The Hall–Kier alpha value is -0.530. The summed E-state index contributed by atoms with van der Waals surface area (Å²) >= 11 is 0. The van der Waals surface area contributed by atoms with Gasteiger partial charge in [-0.25, -0.2) is 4.74 Å². The first kappa shape index (κ1) is 1.72. The maximum Gasteiger partial charge on any atom is 0.167 e. The number of nitrogens with zero attached hydrogens (tertiary/aromatic N) is 1. The van der Waals surface area contributed by atoms with E-state index < -0.39 is 19.2 Å². The molecule has 0 spiro atoms. The molecule has 46 valence electrons. The van der Waals surface area contributed by atoms with Crippen LogP contribution in [-0.2, 0) is 0 Å². The normalized spacial score (nSPS) is 39.8. The molecule has 0 saturated heterocycles. The van der Waals surface area contributed by atoms with Crippen LogP contribution in [0.4, 0.5) is 0 Å². The molecule has 2 nitrogen and oxygen atoms in total. The highest BCUT2D eigenvalue weighted by Crippen LogP contribution is 2.19. The van der Waals surface area contributed by atoms with Crippen LogP contribution in [0.25, 0.3) is 0 Å². The van der Waals surface area contributed by atoms with Crippen molar-refractivity contribution in [1.82, 2.24) is 0 Å². The summed E-state index contributed by atoms with van der Waals surface area (Å²) in [5.74, 6) is 0. The molecule has 0 aromatic carbocycles. The Labute approximate surface area is 57.8 Å². The lowest BCUT2D eigenvalue weighted by Crippen LogP contribution is -2.27. The second-order valence-electron chi connectivity index (χ2n) is 1.91. The fourth-order valence-corrected chi connectivity index (χ4v) is 0.657. The lowest BCUT2D eigenvalue weighted by molar-refractivity contribution is -0.527. The molecule has 1 aliphatic rings. The van der Waals surface area contributed by atoms with Crippen molar-refractivity contribution < 1.29 is 13.0 Å². The second kappa shape index (κ2) is 1.47. The average molecular weight is 120 g/mol. The van der Waals surface area contributed by atoms with Crippen LogP contribution < -0.4 is 0 Å². The fourth-order valence-electron chi connectivity index (χ4n) is 0.657. The quantitative estimate of drug-likeness (QED) is 0.267. The highest BCUT2D eigenvalue weighted by atomic mass is 16.7. The smallest absolute Gasteiger partial charge is 0.167 e. The van der Waals surface area contributed by atoms with E-state index in [1.165, 1.54) is 0 Å². The molecule has 0 radical (unpaired) electrons. The standard InChI is InChI=1S/C6H11NO/c1-6(2)4-3-5-7(6)8/h5H,3-4H2,1-2H3/i1D3,2D3,7+1. The van der Waals surface area contributed by atoms with Crippen LogP contribution >= 0.6 is 0 Å². The predicted octanol–water partition coefficient (Wildman–Crippen LogP) is 1.14. The molecule has 0 bridgehead atoms. The molecular formula is C6H11NO. The zero-order chi connectivity index (χ0) is 11.2. The Morgan fingerprint density at radius 1 is 1.88 bits per heavy atom. The van der Waals surface area contributed by atoms with E-state index in [1.807, 2.05) is 0 Å². The van der Waals surface area contributed by atoms with Crippen LogP contribution in [-0.4, -0.2) is 16.5 Å². The largest absolute Gasteiger partial charge is 0.624 e. The van der Waals surface area contributed by atoms with Crippen molar-refractivity contribution >= 4 is 6.21 Å². The molecule has 1 heterocycles. The first-order chi connectivity index (χ1) is 6.13. The van der Waals surface area contributed by atoms with Crippen LogP contribution in [0.5, 0.6) is 0 Å². The minimum absolute atomic E-state index is 0.0903. The molecular weight excluding hydrogens is 103 g/mol. The van der Waals surface area contributed by atoms with Gasteiger partial charge in [-0.2, -0.15) is 0 Å².